The first-order valence-corrected chi connectivity index (χ1v) is 7.75. The molecule has 0 aromatic heterocycles. The molecule has 6 nitrogen and oxygen atoms in total. The van der Waals surface area contributed by atoms with Gasteiger partial charge in [0.05, 0.1) is 25.4 Å². The maximum Gasteiger partial charge on any atom is 0.490 e. The number of halogens is 1. The Hall–Kier alpha value is -2.06. The molecule has 1 saturated heterocycles. The van der Waals surface area contributed by atoms with Crippen LogP contribution in [0.4, 0.5) is 4.39 Å². The van der Waals surface area contributed by atoms with E-state index in [2.05, 4.69) is 0 Å². The Morgan fingerprint density at radius 2 is 1.56 bits per heavy atom. The molecule has 0 bridgehead atoms. The van der Waals surface area contributed by atoms with Gasteiger partial charge in [0.15, 0.2) is 0 Å². The molecule has 1 aliphatic rings. The average molecular weight is 352 g/mol. The van der Waals surface area contributed by atoms with Gasteiger partial charge in [-0.2, -0.15) is 0 Å². The fourth-order valence-corrected chi connectivity index (χ4v) is 2.43. The van der Waals surface area contributed by atoms with Crippen LogP contribution in [0.15, 0.2) is 18.1 Å². The summed E-state index contributed by atoms with van der Waals surface area (Å²) >= 11 is 0. The van der Waals surface area contributed by atoms with E-state index in [4.69, 9.17) is 18.8 Å². The Labute approximate surface area is 146 Å². The van der Waals surface area contributed by atoms with E-state index in [1.807, 2.05) is 27.7 Å². The zero-order chi connectivity index (χ0) is 19.0. The van der Waals surface area contributed by atoms with Crippen molar-refractivity contribution in [1.82, 2.24) is 0 Å². The lowest BCUT2D eigenvalue weighted by atomic mass is 9.88. The minimum Gasteiger partial charge on any atom is -0.496 e. The van der Waals surface area contributed by atoms with E-state index < -0.39 is 30.1 Å². The van der Waals surface area contributed by atoms with Gasteiger partial charge < -0.3 is 23.9 Å². The fourth-order valence-electron chi connectivity index (χ4n) is 2.43. The van der Waals surface area contributed by atoms with Crippen LogP contribution >= 0.6 is 0 Å². The Balaban J connectivity index is 2.40. The summed E-state index contributed by atoms with van der Waals surface area (Å²) in [5, 5.41) is 9.27. The molecule has 0 saturated carbocycles. The Morgan fingerprint density at radius 1 is 1.12 bits per heavy atom. The number of aromatic carboxylic acids is 1. The molecule has 0 unspecified atom stereocenters. The fraction of sp³-hybridized carbons (Fsp3) is 0.471. The van der Waals surface area contributed by atoms with Gasteiger partial charge in [0.25, 0.3) is 0 Å². The standard InChI is InChI=1S/C17H22BFO6/c1-16(2)17(3,4)25-18(24-16)9-11(19)10-7-12(22-5)14(15(20)21)13(8-10)23-6/h7-9H,1-6H3,(H,20,21). The second-order valence-electron chi connectivity index (χ2n) is 6.70. The van der Waals surface area contributed by atoms with E-state index in [-0.39, 0.29) is 22.6 Å². The third-order valence-corrected chi connectivity index (χ3v) is 4.55. The second-order valence-corrected chi connectivity index (χ2v) is 6.70. The summed E-state index contributed by atoms with van der Waals surface area (Å²) in [6.45, 7) is 7.47. The molecule has 0 atom stereocenters. The van der Waals surface area contributed by atoms with E-state index in [0.29, 0.717) is 0 Å². The van der Waals surface area contributed by atoms with Crippen molar-refractivity contribution in [1.29, 1.82) is 0 Å². The average Bonchev–Trinajstić information content (AvgIpc) is 2.72. The minimum absolute atomic E-state index is 0.000631. The van der Waals surface area contributed by atoms with Crippen molar-refractivity contribution in [2.45, 2.75) is 38.9 Å². The topological polar surface area (TPSA) is 74.2 Å². The van der Waals surface area contributed by atoms with E-state index >= 15 is 0 Å². The highest BCUT2D eigenvalue weighted by molar-refractivity contribution is 6.53. The molecule has 1 fully saturated rings. The van der Waals surface area contributed by atoms with Crippen LogP contribution in [-0.2, 0) is 9.31 Å². The number of hydrogen-bond acceptors (Lipinski definition) is 5. The maximum absolute atomic E-state index is 14.7. The summed E-state index contributed by atoms with van der Waals surface area (Å²) in [6.07, 6.45) is 0. The largest absolute Gasteiger partial charge is 0.496 e. The van der Waals surface area contributed by atoms with Crippen molar-refractivity contribution in [3.63, 3.8) is 0 Å². The molecular formula is C17H22BFO6. The van der Waals surface area contributed by atoms with Gasteiger partial charge in [-0.15, -0.1) is 0 Å². The summed E-state index contributed by atoms with van der Waals surface area (Å²) in [5.74, 6) is -0.660. The maximum atomic E-state index is 14.7. The molecule has 0 spiro atoms. The Kier molecular flexibility index (Phi) is 5.15. The highest BCUT2D eigenvalue weighted by Gasteiger charge is 2.50. The van der Waals surface area contributed by atoms with Crippen LogP contribution in [0.5, 0.6) is 11.5 Å². The number of methoxy groups -OCH3 is 2. The molecule has 1 aliphatic heterocycles. The van der Waals surface area contributed by atoms with Crippen LogP contribution in [0.3, 0.4) is 0 Å². The van der Waals surface area contributed by atoms with E-state index in [1.165, 1.54) is 32.3 Å². The summed E-state index contributed by atoms with van der Waals surface area (Å²) < 4.78 is 36.3. The highest BCUT2D eigenvalue weighted by atomic mass is 19.1. The second kappa shape index (κ2) is 6.69. The predicted molar refractivity (Wildman–Crippen MR) is 91.7 cm³/mol. The monoisotopic (exact) mass is 352 g/mol. The van der Waals surface area contributed by atoms with Crippen molar-refractivity contribution in [2.75, 3.05) is 14.2 Å². The number of carboxylic acid groups (broad SMARTS) is 1. The van der Waals surface area contributed by atoms with Gasteiger partial charge in [0.2, 0.25) is 0 Å². The molecule has 136 valence electrons. The first kappa shape index (κ1) is 19.3. The smallest absolute Gasteiger partial charge is 0.490 e. The van der Waals surface area contributed by atoms with E-state index in [9.17, 15) is 14.3 Å². The molecule has 8 heteroatoms. The van der Waals surface area contributed by atoms with Crippen LogP contribution in [-0.4, -0.2) is 43.6 Å². The highest BCUT2D eigenvalue weighted by Crippen LogP contribution is 2.38. The third kappa shape index (κ3) is 3.64. The van der Waals surface area contributed by atoms with Crippen molar-refractivity contribution >= 4 is 18.9 Å². The summed E-state index contributed by atoms with van der Waals surface area (Å²) in [5.41, 5.74) is -1.24. The van der Waals surface area contributed by atoms with Gasteiger partial charge in [-0.05, 0) is 45.8 Å². The Morgan fingerprint density at radius 3 is 1.92 bits per heavy atom. The molecule has 1 aromatic rings. The molecule has 2 rings (SSSR count). The van der Waals surface area contributed by atoms with E-state index in [0.717, 1.165) is 0 Å². The first-order valence-electron chi connectivity index (χ1n) is 7.75. The van der Waals surface area contributed by atoms with Gasteiger partial charge in [-0.25, -0.2) is 9.18 Å². The van der Waals surface area contributed by atoms with Crippen LogP contribution < -0.4 is 9.47 Å². The van der Waals surface area contributed by atoms with E-state index in [1.54, 1.807) is 0 Å². The number of hydrogen-bond donors (Lipinski definition) is 1. The SMILES string of the molecule is COc1cc(C(F)=CB2OC(C)(C)C(C)(C)O2)cc(OC)c1C(=O)O. The van der Waals surface area contributed by atoms with Crippen LogP contribution in [0.25, 0.3) is 5.83 Å². The first-order chi connectivity index (χ1) is 11.5. The Bertz CT molecular complexity index is 672. The number of carbonyl (C=O) groups is 1. The van der Waals surface area contributed by atoms with Crippen molar-refractivity contribution in [3.05, 3.63) is 29.2 Å². The molecule has 25 heavy (non-hydrogen) atoms. The van der Waals surface area contributed by atoms with Gasteiger partial charge >= 0.3 is 13.1 Å². The lowest BCUT2D eigenvalue weighted by Crippen LogP contribution is -2.41. The number of ether oxygens (including phenoxy) is 2. The van der Waals surface area contributed by atoms with Crippen LogP contribution in [0, 0.1) is 0 Å². The molecule has 1 aromatic carbocycles. The molecule has 1 heterocycles. The normalized spacial score (nSPS) is 19.0. The number of carboxylic acids is 1. The summed E-state index contributed by atoms with van der Waals surface area (Å²) in [7, 11) is 1.75. The minimum atomic E-state index is -1.23. The zero-order valence-electron chi connectivity index (χ0n) is 15.2. The zero-order valence-corrected chi connectivity index (χ0v) is 15.2. The molecule has 0 radical (unpaired) electrons. The lowest BCUT2D eigenvalue weighted by Gasteiger charge is -2.32. The van der Waals surface area contributed by atoms with Gasteiger partial charge in [0.1, 0.15) is 22.9 Å². The molecular weight excluding hydrogens is 330 g/mol. The molecule has 1 N–H and O–H groups in total. The van der Waals surface area contributed by atoms with Crippen LogP contribution in [0.2, 0.25) is 0 Å². The van der Waals surface area contributed by atoms with Gasteiger partial charge in [0, 0.05) is 5.56 Å². The molecule has 0 aliphatic carbocycles. The molecule has 0 amide bonds. The quantitative estimate of drug-likeness (QED) is 0.820. The van der Waals surface area contributed by atoms with Crippen molar-refractivity contribution in [2.24, 2.45) is 0 Å². The van der Waals surface area contributed by atoms with Gasteiger partial charge in [-0.3, -0.25) is 0 Å². The van der Waals surface area contributed by atoms with Crippen molar-refractivity contribution < 1.29 is 33.1 Å². The number of benzene rings is 1. The third-order valence-electron chi connectivity index (χ3n) is 4.55. The summed E-state index contributed by atoms with van der Waals surface area (Å²) in [6, 6.07) is 2.59. The summed E-state index contributed by atoms with van der Waals surface area (Å²) in [4.78, 5) is 11.4. The predicted octanol–water partition coefficient (Wildman–Crippen LogP) is 3.34. The van der Waals surface area contributed by atoms with Crippen LogP contribution in [0.1, 0.15) is 43.6 Å². The number of rotatable bonds is 5. The van der Waals surface area contributed by atoms with Crippen molar-refractivity contribution in [3.8, 4) is 11.5 Å². The lowest BCUT2D eigenvalue weighted by molar-refractivity contribution is 0.00578. The van der Waals surface area contributed by atoms with Gasteiger partial charge in [-0.1, -0.05) is 0 Å².